The molecule has 0 aliphatic carbocycles. The predicted molar refractivity (Wildman–Crippen MR) is 78.4 cm³/mol. The normalized spacial score (nSPS) is 11.1. The maximum Gasteiger partial charge on any atom is 0.274 e. The highest BCUT2D eigenvalue weighted by atomic mass is 16.1. The molecule has 3 nitrogen and oxygen atoms in total. The van der Waals surface area contributed by atoms with E-state index in [2.05, 4.69) is 37.1 Å². The van der Waals surface area contributed by atoms with Crippen LogP contribution in [0.2, 0.25) is 0 Å². The van der Waals surface area contributed by atoms with Gasteiger partial charge >= 0.3 is 0 Å². The molecule has 0 aliphatic heterocycles. The summed E-state index contributed by atoms with van der Waals surface area (Å²) >= 11 is 0. The van der Waals surface area contributed by atoms with Crippen molar-refractivity contribution in [1.82, 2.24) is 9.78 Å². The molecule has 0 fully saturated rings. The summed E-state index contributed by atoms with van der Waals surface area (Å²) in [6.45, 7) is 4.16. The van der Waals surface area contributed by atoms with E-state index in [0.717, 1.165) is 22.0 Å². The summed E-state index contributed by atoms with van der Waals surface area (Å²) in [4.78, 5) is 12.2. The third-order valence-electron chi connectivity index (χ3n) is 3.54. The van der Waals surface area contributed by atoms with Crippen LogP contribution in [-0.4, -0.2) is 9.78 Å². The molecule has 0 bridgehead atoms. The van der Waals surface area contributed by atoms with E-state index in [9.17, 15) is 4.79 Å². The summed E-state index contributed by atoms with van der Waals surface area (Å²) < 4.78 is 1.53. The lowest BCUT2D eigenvalue weighted by atomic mass is 9.96. The van der Waals surface area contributed by atoms with Crippen LogP contribution in [0.1, 0.15) is 11.1 Å². The van der Waals surface area contributed by atoms with Gasteiger partial charge in [0.15, 0.2) is 0 Å². The summed E-state index contributed by atoms with van der Waals surface area (Å²) in [7, 11) is 1.74. The minimum Gasteiger partial charge on any atom is -0.295 e. The Hall–Kier alpha value is -2.29. The second-order valence-corrected chi connectivity index (χ2v) is 5.02. The number of nitrogens with one attached hydrogen (secondary N) is 1. The molecule has 0 amide bonds. The number of benzene rings is 2. The van der Waals surface area contributed by atoms with Crippen molar-refractivity contribution in [3.63, 3.8) is 0 Å². The van der Waals surface area contributed by atoms with Gasteiger partial charge in [-0.15, -0.1) is 0 Å². The summed E-state index contributed by atoms with van der Waals surface area (Å²) in [5, 5.41) is 3.83. The quantitative estimate of drug-likeness (QED) is 0.709. The zero-order valence-corrected chi connectivity index (χ0v) is 11.3. The number of rotatable bonds is 1. The van der Waals surface area contributed by atoms with Crippen LogP contribution in [-0.2, 0) is 7.05 Å². The maximum absolute atomic E-state index is 12.2. The Morgan fingerprint density at radius 1 is 1.05 bits per heavy atom. The van der Waals surface area contributed by atoms with Gasteiger partial charge < -0.3 is 0 Å². The minimum atomic E-state index is 0.0191. The average Bonchev–Trinajstić information content (AvgIpc) is 2.65. The Morgan fingerprint density at radius 3 is 2.58 bits per heavy atom. The molecular weight excluding hydrogens is 236 g/mol. The highest BCUT2D eigenvalue weighted by Gasteiger charge is 2.12. The van der Waals surface area contributed by atoms with Crippen LogP contribution < -0.4 is 5.56 Å². The smallest absolute Gasteiger partial charge is 0.274 e. The number of aryl methyl sites for hydroxylation is 3. The van der Waals surface area contributed by atoms with Crippen LogP contribution in [0.4, 0.5) is 0 Å². The van der Waals surface area contributed by atoms with Gasteiger partial charge in [-0.3, -0.25) is 14.6 Å². The maximum atomic E-state index is 12.2. The molecule has 1 aromatic heterocycles. The molecule has 3 heteroatoms. The largest absolute Gasteiger partial charge is 0.295 e. The van der Waals surface area contributed by atoms with Gasteiger partial charge in [0.2, 0.25) is 0 Å². The molecule has 2 aromatic carbocycles. The topological polar surface area (TPSA) is 37.8 Å². The fourth-order valence-electron chi connectivity index (χ4n) is 2.62. The molecule has 96 valence electrons. The van der Waals surface area contributed by atoms with E-state index in [0.29, 0.717) is 0 Å². The van der Waals surface area contributed by atoms with E-state index in [1.165, 1.54) is 15.8 Å². The van der Waals surface area contributed by atoms with Crippen LogP contribution in [0.25, 0.3) is 22.0 Å². The Kier molecular flexibility index (Phi) is 2.56. The number of nitrogens with zero attached hydrogens (tertiary/aromatic N) is 1. The molecule has 0 saturated heterocycles. The highest BCUT2D eigenvalue weighted by Crippen LogP contribution is 2.28. The first-order valence-corrected chi connectivity index (χ1v) is 6.33. The van der Waals surface area contributed by atoms with Crippen LogP contribution in [0.3, 0.4) is 0 Å². The number of aromatic nitrogens is 2. The fourth-order valence-corrected chi connectivity index (χ4v) is 2.62. The minimum absolute atomic E-state index is 0.0191. The molecule has 1 N–H and O–H groups in total. The molecule has 0 saturated carbocycles. The monoisotopic (exact) mass is 252 g/mol. The van der Waals surface area contributed by atoms with E-state index in [-0.39, 0.29) is 5.56 Å². The zero-order chi connectivity index (χ0) is 13.6. The van der Waals surface area contributed by atoms with Crippen molar-refractivity contribution < 1.29 is 0 Å². The Morgan fingerprint density at radius 2 is 1.84 bits per heavy atom. The van der Waals surface area contributed by atoms with E-state index < -0.39 is 0 Å². The Labute approximate surface area is 111 Å². The molecule has 3 rings (SSSR count). The second kappa shape index (κ2) is 4.12. The van der Waals surface area contributed by atoms with Gasteiger partial charge in [-0.2, -0.15) is 0 Å². The third-order valence-corrected chi connectivity index (χ3v) is 3.54. The van der Waals surface area contributed by atoms with E-state index >= 15 is 0 Å². The van der Waals surface area contributed by atoms with Gasteiger partial charge in [0.1, 0.15) is 0 Å². The Balaban J connectivity index is 2.40. The lowest BCUT2D eigenvalue weighted by molar-refractivity contribution is 0.751. The van der Waals surface area contributed by atoms with Gasteiger partial charge in [-0.25, -0.2) is 0 Å². The number of hydrogen-bond donors (Lipinski definition) is 1. The van der Waals surface area contributed by atoms with Crippen molar-refractivity contribution in [2.24, 2.45) is 7.05 Å². The van der Waals surface area contributed by atoms with Crippen molar-refractivity contribution in [2.75, 3.05) is 0 Å². The predicted octanol–water partition coefficient (Wildman–Crippen LogP) is 3.15. The molecule has 0 radical (unpaired) electrons. The Bertz CT molecular complexity index is 824. The van der Waals surface area contributed by atoms with Crippen molar-refractivity contribution >= 4 is 10.9 Å². The standard InChI is InChI=1S/C16H16N2O/c1-10-7-8-12(11(2)9-10)13-5-4-6-14-15(13)16(19)18(3)17-14/h4-9,17H,1-3H3. The van der Waals surface area contributed by atoms with Crippen molar-refractivity contribution in [1.29, 1.82) is 0 Å². The SMILES string of the molecule is Cc1ccc(-c2cccc3[nH]n(C)c(=O)c23)c(C)c1. The molecule has 19 heavy (non-hydrogen) atoms. The molecule has 1 heterocycles. The van der Waals surface area contributed by atoms with Crippen molar-refractivity contribution in [3.8, 4) is 11.1 Å². The summed E-state index contributed by atoms with van der Waals surface area (Å²) in [6.07, 6.45) is 0. The lowest BCUT2D eigenvalue weighted by Crippen LogP contribution is -2.11. The first-order chi connectivity index (χ1) is 9.08. The van der Waals surface area contributed by atoms with Crippen LogP contribution in [0, 0.1) is 13.8 Å². The number of fused-ring (bicyclic) bond motifs is 1. The van der Waals surface area contributed by atoms with Gasteiger partial charge in [-0.1, -0.05) is 35.9 Å². The zero-order valence-electron chi connectivity index (χ0n) is 11.3. The second-order valence-electron chi connectivity index (χ2n) is 5.02. The summed E-state index contributed by atoms with van der Waals surface area (Å²) in [5.41, 5.74) is 5.44. The first kappa shape index (κ1) is 11.8. The van der Waals surface area contributed by atoms with Gasteiger partial charge in [-0.05, 0) is 36.6 Å². The van der Waals surface area contributed by atoms with E-state index in [4.69, 9.17) is 0 Å². The molecule has 3 aromatic rings. The van der Waals surface area contributed by atoms with Crippen LogP contribution >= 0.6 is 0 Å². The lowest BCUT2D eigenvalue weighted by Gasteiger charge is -2.07. The van der Waals surface area contributed by atoms with Crippen molar-refractivity contribution in [2.45, 2.75) is 13.8 Å². The molecule has 0 spiro atoms. The third kappa shape index (κ3) is 1.78. The van der Waals surface area contributed by atoms with Crippen molar-refractivity contribution in [3.05, 3.63) is 57.9 Å². The number of aromatic amines is 1. The number of hydrogen-bond acceptors (Lipinski definition) is 1. The summed E-state index contributed by atoms with van der Waals surface area (Å²) in [5.74, 6) is 0. The first-order valence-electron chi connectivity index (χ1n) is 6.33. The number of H-pyrrole nitrogens is 1. The van der Waals surface area contributed by atoms with Crippen LogP contribution in [0.5, 0.6) is 0 Å². The molecule has 0 aliphatic rings. The molecule has 0 unspecified atom stereocenters. The highest BCUT2D eigenvalue weighted by molar-refractivity contribution is 5.95. The van der Waals surface area contributed by atoms with E-state index in [1.807, 2.05) is 18.2 Å². The average molecular weight is 252 g/mol. The molecular formula is C16H16N2O. The van der Waals surface area contributed by atoms with Crippen LogP contribution in [0.15, 0.2) is 41.2 Å². The fraction of sp³-hybridized carbons (Fsp3) is 0.188. The van der Waals surface area contributed by atoms with Gasteiger partial charge in [0, 0.05) is 7.05 Å². The van der Waals surface area contributed by atoms with E-state index in [1.54, 1.807) is 7.05 Å². The van der Waals surface area contributed by atoms with Gasteiger partial charge in [0.25, 0.3) is 5.56 Å². The summed E-state index contributed by atoms with van der Waals surface area (Å²) in [6, 6.07) is 12.2. The molecule has 0 atom stereocenters. The van der Waals surface area contributed by atoms with Gasteiger partial charge in [0.05, 0.1) is 10.9 Å².